The monoisotopic (exact) mass is 214 g/mol. The van der Waals surface area contributed by atoms with Gasteiger partial charge in [-0.1, -0.05) is 0 Å². The Morgan fingerprint density at radius 1 is 1.53 bits per heavy atom. The second kappa shape index (κ2) is 5.11. The van der Waals surface area contributed by atoms with Crippen LogP contribution >= 0.6 is 0 Å². The van der Waals surface area contributed by atoms with Crippen LogP contribution in [0.15, 0.2) is 0 Å². The Kier molecular flexibility index (Phi) is 4.08. The third-order valence-electron chi connectivity index (χ3n) is 2.88. The molecule has 5 heteroatoms. The summed E-state index contributed by atoms with van der Waals surface area (Å²) in [7, 11) is 3.70. The summed E-state index contributed by atoms with van der Waals surface area (Å²) in [5, 5.41) is 8.49. The number of carbonyl (C=O) groups excluding carboxylic acids is 1. The molecule has 1 atom stereocenters. The van der Waals surface area contributed by atoms with Crippen LogP contribution in [0.25, 0.3) is 0 Å². The van der Waals surface area contributed by atoms with Gasteiger partial charge in [-0.3, -0.25) is 9.59 Å². The highest BCUT2D eigenvalue weighted by atomic mass is 16.4. The molecule has 0 aromatic heterocycles. The van der Waals surface area contributed by atoms with Gasteiger partial charge in [-0.2, -0.15) is 0 Å². The summed E-state index contributed by atoms with van der Waals surface area (Å²) in [5.41, 5.74) is 0. The number of hydrogen-bond donors (Lipinski definition) is 1. The molecule has 1 unspecified atom stereocenters. The molecular formula is C10H18N2O3. The van der Waals surface area contributed by atoms with E-state index in [2.05, 4.69) is 4.90 Å². The molecule has 1 heterocycles. The van der Waals surface area contributed by atoms with Crippen LogP contribution in [0.3, 0.4) is 0 Å². The Balaban J connectivity index is 2.37. The van der Waals surface area contributed by atoms with Crippen molar-refractivity contribution in [2.45, 2.75) is 25.3 Å². The third-order valence-corrected chi connectivity index (χ3v) is 2.88. The van der Waals surface area contributed by atoms with Crippen molar-refractivity contribution in [3.8, 4) is 0 Å². The molecule has 1 aliphatic rings. The van der Waals surface area contributed by atoms with Gasteiger partial charge in [0.1, 0.15) is 6.42 Å². The van der Waals surface area contributed by atoms with Gasteiger partial charge in [-0.25, -0.2) is 0 Å². The van der Waals surface area contributed by atoms with Crippen LogP contribution in [0, 0.1) is 0 Å². The topological polar surface area (TPSA) is 60.9 Å². The lowest BCUT2D eigenvalue weighted by molar-refractivity contribution is -0.143. The lowest BCUT2D eigenvalue weighted by Gasteiger charge is -2.25. The van der Waals surface area contributed by atoms with Gasteiger partial charge in [0.15, 0.2) is 0 Å². The number of carbonyl (C=O) groups is 2. The zero-order valence-electron chi connectivity index (χ0n) is 9.27. The quantitative estimate of drug-likeness (QED) is 0.670. The Morgan fingerprint density at radius 3 is 2.67 bits per heavy atom. The van der Waals surface area contributed by atoms with Crippen LogP contribution < -0.4 is 0 Å². The molecule has 5 nitrogen and oxygen atoms in total. The molecule has 0 spiro atoms. The van der Waals surface area contributed by atoms with Crippen LogP contribution in [0.1, 0.15) is 19.3 Å². The van der Waals surface area contributed by atoms with Gasteiger partial charge in [-0.15, -0.1) is 0 Å². The van der Waals surface area contributed by atoms with E-state index >= 15 is 0 Å². The van der Waals surface area contributed by atoms with Gasteiger partial charge < -0.3 is 14.9 Å². The van der Waals surface area contributed by atoms with E-state index in [-0.39, 0.29) is 5.91 Å². The molecule has 0 aliphatic carbocycles. The normalized spacial score (nSPS) is 21.6. The zero-order valence-corrected chi connectivity index (χ0v) is 9.27. The number of hydrogen-bond acceptors (Lipinski definition) is 3. The van der Waals surface area contributed by atoms with Crippen molar-refractivity contribution in [1.29, 1.82) is 0 Å². The average molecular weight is 214 g/mol. The molecule has 15 heavy (non-hydrogen) atoms. The largest absolute Gasteiger partial charge is 0.481 e. The summed E-state index contributed by atoms with van der Waals surface area (Å²) in [5.74, 6) is -1.38. The molecule has 1 amide bonds. The fourth-order valence-electron chi connectivity index (χ4n) is 1.89. The van der Waals surface area contributed by atoms with Crippen LogP contribution in [0.5, 0.6) is 0 Å². The van der Waals surface area contributed by atoms with Crippen molar-refractivity contribution < 1.29 is 14.7 Å². The average Bonchev–Trinajstić information content (AvgIpc) is 2.50. The highest BCUT2D eigenvalue weighted by molar-refractivity contribution is 5.93. The van der Waals surface area contributed by atoms with Crippen molar-refractivity contribution in [3.05, 3.63) is 0 Å². The van der Waals surface area contributed by atoms with Gasteiger partial charge >= 0.3 is 5.97 Å². The standard InChI is InChI=1S/C10H18N2O3/c1-11-5-3-4-8(11)7-12(2)9(13)6-10(14)15/h8H,3-7H2,1-2H3,(H,14,15). The van der Waals surface area contributed by atoms with Gasteiger partial charge in [0.05, 0.1) is 0 Å². The fraction of sp³-hybridized carbons (Fsp3) is 0.800. The number of aliphatic carboxylic acids is 1. The summed E-state index contributed by atoms with van der Waals surface area (Å²) < 4.78 is 0. The molecule has 0 aromatic rings. The molecule has 1 fully saturated rings. The van der Waals surface area contributed by atoms with Crippen LogP contribution in [0.4, 0.5) is 0 Å². The highest BCUT2D eigenvalue weighted by Crippen LogP contribution is 2.15. The molecule has 1 rings (SSSR count). The van der Waals surface area contributed by atoms with Gasteiger partial charge in [0.25, 0.3) is 0 Å². The van der Waals surface area contributed by atoms with E-state index in [4.69, 9.17) is 5.11 Å². The Morgan fingerprint density at radius 2 is 2.20 bits per heavy atom. The second-order valence-electron chi connectivity index (χ2n) is 4.12. The Bertz CT molecular complexity index is 255. The lowest BCUT2D eigenvalue weighted by atomic mass is 10.2. The number of rotatable bonds is 4. The first kappa shape index (κ1) is 12.0. The predicted octanol–water partition coefficient (Wildman–Crippen LogP) is 0.0137. The SMILES string of the molecule is CN(CC1CCCN1C)C(=O)CC(=O)O. The number of likely N-dealkylation sites (N-methyl/N-ethyl adjacent to an activating group) is 2. The summed E-state index contributed by atoms with van der Waals surface area (Å²) in [4.78, 5) is 25.5. The minimum absolute atomic E-state index is 0.317. The fourth-order valence-corrected chi connectivity index (χ4v) is 1.89. The van der Waals surface area contributed by atoms with Gasteiger partial charge in [0, 0.05) is 19.6 Å². The van der Waals surface area contributed by atoms with Crippen LogP contribution in [-0.4, -0.2) is 60.0 Å². The minimum atomic E-state index is -1.06. The summed E-state index contributed by atoms with van der Waals surface area (Å²) >= 11 is 0. The van der Waals surface area contributed by atoms with E-state index in [1.165, 1.54) is 4.90 Å². The zero-order chi connectivity index (χ0) is 11.4. The molecule has 1 aliphatic heterocycles. The van der Waals surface area contributed by atoms with E-state index in [9.17, 15) is 9.59 Å². The van der Waals surface area contributed by atoms with E-state index in [0.717, 1.165) is 19.4 Å². The summed E-state index contributed by atoms with van der Waals surface area (Å²) in [6, 6.07) is 0.382. The molecule has 1 N–H and O–H groups in total. The number of nitrogens with zero attached hydrogens (tertiary/aromatic N) is 2. The molecule has 0 radical (unpaired) electrons. The van der Waals surface area contributed by atoms with Gasteiger partial charge in [-0.05, 0) is 26.4 Å². The number of carboxylic acids is 1. The molecule has 0 saturated carbocycles. The maximum Gasteiger partial charge on any atom is 0.312 e. The molecule has 0 bridgehead atoms. The lowest BCUT2D eigenvalue weighted by Crippen LogP contribution is -2.40. The summed E-state index contributed by atoms with van der Waals surface area (Å²) in [6.07, 6.45) is 1.83. The third kappa shape index (κ3) is 3.51. The Hall–Kier alpha value is -1.10. The number of carboxylic acid groups (broad SMARTS) is 1. The molecule has 1 saturated heterocycles. The van der Waals surface area contributed by atoms with Crippen molar-refractivity contribution in [2.24, 2.45) is 0 Å². The van der Waals surface area contributed by atoms with Crippen molar-refractivity contribution >= 4 is 11.9 Å². The maximum absolute atomic E-state index is 11.4. The van der Waals surface area contributed by atoms with Gasteiger partial charge in [0.2, 0.25) is 5.91 Å². The summed E-state index contributed by atoms with van der Waals surface area (Å²) in [6.45, 7) is 1.69. The maximum atomic E-state index is 11.4. The van der Waals surface area contributed by atoms with Crippen molar-refractivity contribution in [2.75, 3.05) is 27.2 Å². The van der Waals surface area contributed by atoms with Crippen LogP contribution in [-0.2, 0) is 9.59 Å². The number of likely N-dealkylation sites (tertiary alicyclic amines) is 1. The second-order valence-corrected chi connectivity index (χ2v) is 4.12. The number of amides is 1. The minimum Gasteiger partial charge on any atom is -0.481 e. The molecule has 86 valence electrons. The van der Waals surface area contributed by atoms with Crippen LogP contribution in [0.2, 0.25) is 0 Å². The predicted molar refractivity (Wildman–Crippen MR) is 55.5 cm³/mol. The first-order chi connectivity index (χ1) is 7.00. The van der Waals surface area contributed by atoms with E-state index in [1.807, 2.05) is 7.05 Å². The van der Waals surface area contributed by atoms with Crippen molar-refractivity contribution in [3.63, 3.8) is 0 Å². The highest BCUT2D eigenvalue weighted by Gasteiger charge is 2.24. The first-order valence-corrected chi connectivity index (χ1v) is 5.16. The first-order valence-electron chi connectivity index (χ1n) is 5.16. The molecule has 0 aromatic carbocycles. The van der Waals surface area contributed by atoms with E-state index in [0.29, 0.717) is 12.6 Å². The van der Waals surface area contributed by atoms with E-state index in [1.54, 1.807) is 7.05 Å². The smallest absolute Gasteiger partial charge is 0.312 e. The van der Waals surface area contributed by atoms with E-state index < -0.39 is 12.4 Å². The van der Waals surface area contributed by atoms with Crippen molar-refractivity contribution in [1.82, 2.24) is 9.80 Å². The Labute approximate surface area is 89.7 Å². The molecular weight excluding hydrogens is 196 g/mol.